The van der Waals surface area contributed by atoms with Crippen LogP contribution in [0.5, 0.6) is 0 Å². The quantitative estimate of drug-likeness (QED) is 0.753. The number of aromatic nitrogens is 2. The summed E-state index contributed by atoms with van der Waals surface area (Å²) >= 11 is 0. The van der Waals surface area contributed by atoms with Crippen molar-refractivity contribution >= 4 is 11.3 Å². The maximum Gasteiger partial charge on any atom is 0.137 e. The molecule has 1 aliphatic heterocycles. The number of nitrogens with two attached hydrogens (primary N) is 1. The van der Waals surface area contributed by atoms with Gasteiger partial charge < -0.3 is 14.9 Å². The highest BCUT2D eigenvalue weighted by Crippen LogP contribution is 2.27. The summed E-state index contributed by atoms with van der Waals surface area (Å²) in [5.41, 5.74) is 12.2. The van der Waals surface area contributed by atoms with E-state index in [-0.39, 0.29) is 0 Å². The van der Waals surface area contributed by atoms with Gasteiger partial charge in [0.05, 0.1) is 24.6 Å². The molecule has 4 rings (SSSR count). The molecule has 2 N–H and O–H groups in total. The van der Waals surface area contributed by atoms with E-state index in [0.717, 1.165) is 55.4 Å². The van der Waals surface area contributed by atoms with Crippen LogP contribution >= 0.6 is 0 Å². The van der Waals surface area contributed by atoms with Crippen molar-refractivity contribution in [1.29, 1.82) is 0 Å². The second kappa shape index (κ2) is 6.26. The van der Waals surface area contributed by atoms with E-state index >= 15 is 0 Å². The Balaban J connectivity index is 1.83. The Morgan fingerprint density at radius 1 is 1.17 bits per heavy atom. The molecule has 0 spiro atoms. The van der Waals surface area contributed by atoms with Crippen LogP contribution in [0.2, 0.25) is 0 Å². The van der Waals surface area contributed by atoms with E-state index in [9.17, 15) is 0 Å². The summed E-state index contributed by atoms with van der Waals surface area (Å²) in [4.78, 5) is 7.32. The number of morpholine rings is 1. The maximum absolute atomic E-state index is 5.99. The number of nitrogens with zero attached hydrogens (tertiary/aromatic N) is 3. The van der Waals surface area contributed by atoms with E-state index in [1.807, 2.05) is 18.2 Å². The number of imidazole rings is 1. The lowest BCUT2D eigenvalue weighted by atomic mass is 10.1. The Labute approximate surface area is 141 Å². The number of rotatable bonds is 3. The van der Waals surface area contributed by atoms with Crippen LogP contribution in [-0.4, -0.2) is 40.6 Å². The molecule has 1 fully saturated rings. The second-order valence-electron chi connectivity index (χ2n) is 6.35. The van der Waals surface area contributed by atoms with Crippen molar-refractivity contribution in [2.75, 3.05) is 32.0 Å². The average Bonchev–Trinajstić information content (AvgIpc) is 2.93. The van der Waals surface area contributed by atoms with Gasteiger partial charge in [0.15, 0.2) is 0 Å². The molecular formula is C19H22N4O. The minimum absolute atomic E-state index is 0.762. The summed E-state index contributed by atoms with van der Waals surface area (Å²) in [6, 6.07) is 12.2. The zero-order valence-electron chi connectivity index (χ0n) is 13.9. The van der Waals surface area contributed by atoms with Gasteiger partial charge in [-0.05, 0) is 36.8 Å². The van der Waals surface area contributed by atoms with Gasteiger partial charge in [0.1, 0.15) is 5.65 Å². The van der Waals surface area contributed by atoms with Crippen molar-refractivity contribution in [3.8, 4) is 11.3 Å². The first kappa shape index (κ1) is 15.2. The first-order valence-corrected chi connectivity index (χ1v) is 8.34. The highest BCUT2D eigenvalue weighted by atomic mass is 16.5. The van der Waals surface area contributed by atoms with Crippen molar-refractivity contribution in [2.45, 2.75) is 13.5 Å². The van der Waals surface area contributed by atoms with Crippen LogP contribution in [0.3, 0.4) is 0 Å². The third-order valence-electron chi connectivity index (χ3n) is 4.52. The summed E-state index contributed by atoms with van der Waals surface area (Å²) in [5.74, 6) is 0. The largest absolute Gasteiger partial charge is 0.399 e. The number of fused-ring (bicyclic) bond motifs is 1. The molecular weight excluding hydrogens is 300 g/mol. The molecule has 3 aromatic rings. The van der Waals surface area contributed by atoms with E-state index in [1.54, 1.807) is 0 Å². The number of aryl methyl sites for hydroxylation is 1. The molecule has 0 unspecified atom stereocenters. The first-order chi connectivity index (χ1) is 11.7. The zero-order chi connectivity index (χ0) is 16.5. The number of hydrogen-bond acceptors (Lipinski definition) is 4. The van der Waals surface area contributed by atoms with Gasteiger partial charge in [0, 0.05) is 37.1 Å². The fourth-order valence-electron chi connectivity index (χ4n) is 3.24. The lowest BCUT2D eigenvalue weighted by molar-refractivity contribution is 0.0336. The topological polar surface area (TPSA) is 55.8 Å². The van der Waals surface area contributed by atoms with E-state index in [0.29, 0.717) is 0 Å². The highest BCUT2D eigenvalue weighted by molar-refractivity contribution is 5.69. The van der Waals surface area contributed by atoms with Gasteiger partial charge in [-0.25, -0.2) is 4.98 Å². The minimum atomic E-state index is 0.762. The molecule has 0 amide bonds. The van der Waals surface area contributed by atoms with Crippen LogP contribution in [0.1, 0.15) is 11.3 Å². The summed E-state index contributed by atoms with van der Waals surface area (Å²) < 4.78 is 7.67. The van der Waals surface area contributed by atoms with Crippen LogP contribution in [-0.2, 0) is 11.3 Å². The highest BCUT2D eigenvalue weighted by Gasteiger charge is 2.19. The van der Waals surface area contributed by atoms with Gasteiger partial charge in [-0.15, -0.1) is 0 Å². The number of anilines is 1. The van der Waals surface area contributed by atoms with E-state index in [4.69, 9.17) is 15.5 Å². The third-order valence-corrected chi connectivity index (χ3v) is 4.52. The lowest BCUT2D eigenvalue weighted by Crippen LogP contribution is -2.36. The van der Waals surface area contributed by atoms with Gasteiger partial charge in [-0.3, -0.25) is 4.90 Å². The molecule has 1 saturated heterocycles. The van der Waals surface area contributed by atoms with Crippen LogP contribution in [0.25, 0.3) is 16.9 Å². The number of hydrogen-bond donors (Lipinski definition) is 1. The fraction of sp³-hybridized carbons (Fsp3) is 0.316. The van der Waals surface area contributed by atoms with Crippen molar-refractivity contribution in [2.24, 2.45) is 0 Å². The summed E-state index contributed by atoms with van der Waals surface area (Å²) in [5, 5.41) is 0. The molecule has 0 aliphatic carbocycles. The maximum atomic E-state index is 5.99. The molecule has 0 atom stereocenters. The predicted octanol–water partition coefficient (Wildman–Crippen LogP) is 2.72. The number of nitrogen functional groups attached to an aromatic ring is 1. The van der Waals surface area contributed by atoms with Gasteiger partial charge in [0.25, 0.3) is 0 Å². The third kappa shape index (κ3) is 2.88. The second-order valence-corrected chi connectivity index (χ2v) is 6.35. The average molecular weight is 322 g/mol. The van der Waals surface area contributed by atoms with Gasteiger partial charge in [0.2, 0.25) is 0 Å². The predicted molar refractivity (Wildman–Crippen MR) is 95.9 cm³/mol. The van der Waals surface area contributed by atoms with Gasteiger partial charge in [-0.1, -0.05) is 12.1 Å². The normalized spacial score (nSPS) is 15.9. The molecule has 0 bridgehead atoms. The van der Waals surface area contributed by atoms with Crippen LogP contribution in [0, 0.1) is 6.92 Å². The number of ether oxygens (including phenoxy) is 1. The van der Waals surface area contributed by atoms with Crippen molar-refractivity contribution in [3.05, 3.63) is 53.9 Å². The Hall–Kier alpha value is -2.37. The Bertz CT molecular complexity index is 865. The van der Waals surface area contributed by atoms with Crippen LogP contribution in [0.15, 0.2) is 42.6 Å². The Morgan fingerprint density at radius 2 is 2.00 bits per heavy atom. The Morgan fingerprint density at radius 3 is 2.79 bits per heavy atom. The summed E-state index contributed by atoms with van der Waals surface area (Å²) in [7, 11) is 0. The lowest BCUT2D eigenvalue weighted by Gasteiger charge is -2.26. The number of benzene rings is 1. The molecule has 24 heavy (non-hydrogen) atoms. The molecule has 1 aliphatic rings. The van der Waals surface area contributed by atoms with Crippen LogP contribution in [0.4, 0.5) is 5.69 Å². The molecule has 5 nitrogen and oxygen atoms in total. The molecule has 0 saturated carbocycles. The van der Waals surface area contributed by atoms with Gasteiger partial charge in [-0.2, -0.15) is 0 Å². The molecule has 5 heteroatoms. The summed E-state index contributed by atoms with van der Waals surface area (Å²) in [6.07, 6.45) is 2.11. The van der Waals surface area contributed by atoms with Crippen molar-refractivity contribution < 1.29 is 4.74 Å². The first-order valence-electron chi connectivity index (χ1n) is 8.34. The molecule has 1 aromatic carbocycles. The standard InChI is InChI=1S/C19H22N4O/c1-14-5-6-23-17(13-22-7-9-24-10-8-22)19(21-18(23)11-14)15-3-2-4-16(20)12-15/h2-6,11-12H,7-10,13,20H2,1H3. The number of pyridine rings is 1. The van der Waals surface area contributed by atoms with E-state index < -0.39 is 0 Å². The van der Waals surface area contributed by atoms with E-state index in [1.165, 1.54) is 11.3 Å². The molecule has 0 radical (unpaired) electrons. The fourth-order valence-corrected chi connectivity index (χ4v) is 3.24. The minimum Gasteiger partial charge on any atom is -0.399 e. The molecule has 3 heterocycles. The van der Waals surface area contributed by atoms with E-state index in [2.05, 4.69) is 40.6 Å². The molecule has 2 aromatic heterocycles. The van der Waals surface area contributed by atoms with Crippen LogP contribution < -0.4 is 5.73 Å². The molecule has 124 valence electrons. The Kier molecular flexibility index (Phi) is 3.96. The van der Waals surface area contributed by atoms with Crippen molar-refractivity contribution in [3.63, 3.8) is 0 Å². The smallest absolute Gasteiger partial charge is 0.137 e. The van der Waals surface area contributed by atoms with Crippen molar-refractivity contribution in [1.82, 2.24) is 14.3 Å². The van der Waals surface area contributed by atoms with Gasteiger partial charge >= 0.3 is 0 Å². The summed E-state index contributed by atoms with van der Waals surface area (Å²) in [6.45, 7) is 6.45. The monoisotopic (exact) mass is 322 g/mol. The zero-order valence-corrected chi connectivity index (χ0v) is 13.9. The SMILES string of the molecule is Cc1ccn2c(CN3CCOCC3)c(-c3cccc(N)c3)nc2c1.